The Balaban J connectivity index is 1.87. The lowest BCUT2D eigenvalue weighted by atomic mass is 10.0. The van der Waals surface area contributed by atoms with Crippen LogP contribution in [0.3, 0.4) is 0 Å². The van der Waals surface area contributed by atoms with E-state index in [1.54, 1.807) is 6.20 Å². The number of hydrogen-bond acceptors (Lipinski definition) is 2. The Morgan fingerprint density at radius 3 is 2.55 bits per heavy atom. The van der Waals surface area contributed by atoms with Crippen molar-refractivity contribution in [2.75, 3.05) is 0 Å². The van der Waals surface area contributed by atoms with Gasteiger partial charge in [-0.1, -0.05) is 36.3 Å². The van der Waals surface area contributed by atoms with Crippen LogP contribution in [0.5, 0.6) is 5.75 Å². The number of hydrogen-bond donors (Lipinski definition) is 0. The molecule has 0 radical (unpaired) electrons. The summed E-state index contributed by atoms with van der Waals surface area (Å²) in [4.78, 5) is 4.40. The zero-order valence-corrected chi connectivity index (χ0v) is 11.4. The number of nitrogens with zero attached hydrogens (tertiary/aromatic N) is 1. The Morgan fingerprint density at radius 2 is 1.85 bits per heavy atom. The lowest BCUT2D eigenvalue weighted by Crippen LogP contribution is -2.30. The van der Waals surface area contributed by atoms with E-state index in [0.717, 1.165) is 42.7 Å². The highest BCUT2D eigenvalue weighted by atomic mass is 16.5. The van der Waals surface area contributed by atoms with Gasteiger partial charge in [-0.2, -0.15) is 0 Å². The molecule has 2 nitrogen and oxygen atoms in total. The van der Waals surface area contributed by atoms with Crippen molar-refractivity contribution in [1.29, 1.82) is 0 Å². The number of terminal acetylenes is 1. The Hall–Kier alpha value is -2.27. The molecule has 1 aliphatic carbocycles. The van der Waals surface area contributed by atoms with E-state index < -0.39 is 5.60 Å². The van der Waals surface area contributed by atoms with E-state index in [1.807, 2.05) is 42.5 Å². The van der Waals surface area contributed by atoms with E-state index in [0.29, 0.717) is 0 Å². The number of rotatable bonds is 3. The van der Waals surface area contributed by atoms with E-state index in [-0.39, 0.29) is 0 Å². The second-order valence-electron chi connectivity index (χ2n) is 5.19. The van der Waals surface area contributed by atoms with Gasteiger partial charge in [-0.25, -0.2) is 0 Å². The number of ether oxygens (including phenoxy) is 1. The first-order chi connectivity index (χ1) is 9.81. The molecule has 1 aromatic heterocycles. The van der Waals surface area contributed by atoms with Gasteiger partial charge in [-0.05, 0) is 31.7 Å². The minimum Gasteiger partial charge on any atom is -0.474 e. The number of benzene rings is 1. The summed E-state index contributed by atoms with van der Waals surface area (Å²) in [5.41, 5.74) is 1.57. The highest BCUT2D eigenvalue weighted by molar-refractivity contribution is 5.60. The molecule has 1 aromatic carbocycles. The molecule has 0 amide bonds. The largest absolute Gasteiger partial charge is 0.474 e. The highest BCUT2D eigenvalue weighted by Crippen LogP contribution is 2.34. The van der Waals surface area contributed by atoms with Crippen molar-refractivity contribution < 1.29 is 4.74 Å². The van der Waals surface area contributed by atoms with E-state index in [4.69, 9.17) is 11.2 Å². The SMILES string of the molecule is C#CC1(Oc2ccnc(-c3ccccc3)c2)CCCC1. The summed E-state index contributed by atoms with van der Waals surface area (Å²) in [6.45, 7) is 0. The molecule has 2 aromatic rings. The predicted octanol–water partition coefficient (Wildman–Crippen LogP) is 4.07. The lowest BCUT2D eigenvalue weighted by Gasteiger charge is -2.24. The molecule has 100 valence electrons. The number of aromatic nitrogens is 1. The van der Waals surface area contributed by atoms with Crippen molar-refractivity contribution in [2.24, 2.45) is 0 Å². The zero-order valence-electron chi connectivity index (χ0n) is 11.4. The van der Waals surface area contributed by atoms with Gasteiger partial charge in [0.2, 0.25) is 0 Å². The Morgan fingerprint density at radius 1 is 1.10 bits per heavy atom. The molecule has 2 heteroatoms. The molecule has 1 saturated carbocycles. The molecule has 0 unspecified atom stereocenters. The normalized spacial score (nSPS) is 16.6. The van der Waals surface area contributed by atoms with Crippen LogP contribution in [0.1, 0.15) is 25.7 Å². The van der Waals surface area contributed by atoms with Gasteiger partial charge in [-0.15, -0.1) is 6.42 Å². The summed E-state index contributed by atoms with van der Waals surface area (Å²) >= 11 is 0. The second-order valence-corrected chi connectivity index (χ2v) is 5.19. The van der Waals surface area contributed by atoms with Crippen LogP contribution >= 0.6 is 0 Å². The molecule has 0 atom stereocenters. The first kappa shape index (κ1) is 12.7. The van der Waals surface area contributed by atoms with Crippen LogP contribution in [-0.4, -0.2) is 10.6 Å². The van der Waals surface area contributed by atoms with Crippen molar-refractivity contribution in [3.05, 3.63) is 48.7 Å². The summed E-state index contributed by atoms with van der Waals surface area (Å²) in [6, 6.07) is 13.9. The van der Waals surface area contributed by atoms with Crippen LogP contribution in [0, 0.1) is 12.3 Å². The van der Waals surface area contributed by atoms with E-state index in [1.165, 1.54) is 0 Å². The molecule has 20 heavy (non-hydrogen) atoms. The van der Waals surface area contributed by atoms with Crippen LogP contribution in [0.4, 0.5) is 0 Å². The van der Waals surface area contributed by atoms with Crippen molar-refractivity contribution in [3.63, 3.8) is 0 Å². The molecular weight excluding hydrogens is 246 g/mol. The molecule has 0 spiro atoms. The Kier molecular flexibility index (Phi) is 3.43. The molecular formula is C18H17NO. The second kappa shape index (κ2) is 5.38. The summed E-state index contributed by atoms with van der Waals surface area (Å²) in [5, 5.41) is 0. The third kappa shape index (κ3) is 2.53. The maximum Gasteiger partial charge on any atom is 0.168 e. The van der Waals surface area contributed by atoms with Crippen LogP contribution in [0.15, 0.2) is 48.7 Å². The minimum atomic E-state index is -0.421. The molecule has 1 fully saturated rings. The highest BCUT2D eigenvalue weighted by Gasteiger charge is 2.34. The van der Waals surface area contributed by atoms with Crippen molar-refractivity contribution >= 4 is 0 Å². The molecule has 1 aliphatic rings. The molecule has 0 bridgehead atoms. The van der Waals surface area contributed by atoms with Crippen molar-refractivity contribution in [1.82, 2.24) is 4.98 Å². The van der Waals surface area contributed by atoms with Gasteiger partial charge in [0.1, 0.15) is 5.75 Å². The van der Waals surface area contributed by atoms with Gasteiger partial charge in [0, 0.05) is 17.8 Å². The quantitative estimate of drug-likeness (QED) is 0.779. The van der Waals surface area contributed by atoms with Crippen LogP contribution in [0.25, 0.3) is 11.3 Å². The van der Waals surface area contributed by atoms with Crippen LogP contribution in [-0.2, 0) is 0 Å². The summed E-state index contributed by atoms with van der Waals surface area (Å²) < 4.78 is 6.10. The molecule has 1 heterocycles. The monoisotopic (exact) mass is 263 g/mol. The average molecular weight is 263 g/mol. The van der Waals surface area contributed by atoms with Gasteiger partial charge in [0.15, 0.2) is 5.60 Å². The van der Waals surface area contributed by atoms with Crippen molar-refractivity contribution in [2.45, 2.75) is 31.3 Å². The topological polar surface area (TPSA) is 22.1 Å². The summed E-state index contributed by atoms with van der Waals surface area (Å²) in [7, 11) is 0. The third-order valence-electron chi connectivity index (χ3n) is 3.79. The molecule has 3 rings (SSSR count). The third-order valence-corrected chi connectivity index (χ3v) is 3.79. The van der Waals surface area contributed by atoms with E-state index >= 15 is 0 Å². The first-order valence-electron chi connectivity index (χ1n) is 7.00. The predicted molar refractivity (Wildman–Crippen MR) is 80.3 cm³/mol. The Labute approximate surface area is 119 Å². The van der Waals surface area contributed by atoms with E-state index in [2.05, 4.69) is 10.9 Å². The van der Waals surface area contributed by atoms with Crippen LogP contribution < -0.4 is 4.74 Å². The molecule has 0 aliphatic heterocycles. The molecule has 0 saturated heterocycles. The van der Waals surface area contributed by atoms with Gasteiger partial charge >= 0.3 is 0 Å². The van der Waals surface area contributed by atoms with Gasteiger partial charge in [-0.3, -0.25) is 4.98 Å². The molecule has 0 N–H and O–H groups in total. The smallest absolute Gasteiger partial charge is 0.168 e. The van der Waals surface area contributed by atoms with Gasteiger partial charge in [0.05, 0.1) is 5.69 Å². The lowest BCUT2D eigenvalue weighted by molar-refractivity contribution is 0.138. The number of pyridine rings is 1. The summed E-state index contributed by atoms with van der Waals surface area (Å²) in [6.07, 6.45) is 11.6. The maximum atomic E-state index is 6.10. The maximum absolute atomic E-state index is 6.10. The summed E-state index contributed by atoms with van der Waals surface area (Å²) in [5.74, 6) is 3.65. The van der Waals surface area contributed by atoms with Crippen LogP contribution in [0.2, 0.25) is 0 Å². The van der Waals surface area contributed by atoms with Gasteiger partial charge < -0.3 is 4.74 Å². The standard InChI is InChI=1S/C18H17NO/c1-2-18(11-6-7-12-18)20-16-10-13-19-17(14-16)15-8-4-3-5-9-15/h1,3-5,8-10,13-14H,6-7,11-12H2. The fraction of sp³-hybridized carbons (Fsp3) is 0.278. The first-order valence-corrected chi connectivity index (χ1v) is 7.00. The minimum absolute atomic E-state index is 0.421. The fourth-order valence-electron chi connectivity index (χ4n) is 2.69. The van der Waals surface area contributed by atoms with Gasteiger partial charge in [0.25, 0.3) is 0 Å². The van der Waals surface area contributed by atoms with Crippen molar-refractivity contribution in [3.8, 4) is 29.4 Å². The Bertz CT molecular complexity index is 621. The van der Waals surface area contributed by atoms with E-state index in [9.17, 15) is 0 Å². The zero-order chi connectivity index (χ0) is 13.8. The fourth-order valence-corrected chi connectivity index (χ4v) is 2.69. The average Bonchev–Trinajstić information content (AvgIpc) is 2.97.